The van der Waals surface area contributed by atoms with Crippen LogP contribution < -0.4 is 9.64 Å². The van der Waals surface area contributed by atoms with Gasteiger partial charge in [-0.25, -0.2) is 9.18 Å². The Hall–Kier alpha value is -1.91. The van der Waals surface area contributed by atoms with Crippen molar-refractivity contribution in [2.24, 2.45) is 5.41 Å². The SMILES string of the molecule is C.CCN1CCC(Oc2nc(N3CCC4(CC3)CN(C(=O)OC(C)(C)C)C4)c3cc(Cl)c(Br)c(F)c3n2)CC1. The van der Waals surface area contributed by atoms with E-state index >= 15 is 4.39 Å². The number of benzene rings is 1. The number of halogens is 3. The van der Waals surface area contributed by atoms with Gasteiger partial charge in [-0.15, -0.1) is 0 Å². The largest absolute Gasteiger partial charge is 0.460 e. The van der Waals surface area contributed by atoms with Gasteiger partial charge in [0.05, 0.1) is 9.50 Å². The van der Waals surface area contributed by atoms with Gasteiger partial charge in [-0.2, -0.15) is 9.97 Å². The quantitative estimate of drug-likeness (QED) is 0.357. The number of nitrogens with zero attached hydrogens (tertiary/aromatic N) is 5. The van der Waals surface area contributed by atoms with Crippen LogP contribution in [0.25, 0.3) is 10.9 Å². The molecule has 3 aliphatic rings. The van der Waals surface area contributed by atoms with E-state index in [1.165, 1.54) is 0 Å². The molecule has 0 saturated carbocycles. The molecule has 39 heavy (non-hydrogen) atoms. The van der Waals surface area contributed by atoms with Crippen LogP contribution in [-0.2, 0) is 4.74 Å². The van der Waals surface area contributed by atoms with E-state index in [4.69, 9.17) is 26.1 Å². The van der Waals surface area contributed by atoms with E-state index in [2.05, 4.69) is 37.6 Å². The molecule has 0 unspecified atom stereocenters. The Bertz CT molecular complexity index is 1200. The van der Waals surface area contributed by atoms with E-state index in [0.29, 0.717) is 24.3 Å². The summed E-state index contributed by atoms with van der Waals surface area (Å²) in [5, 5.41) is 0.852. The summed E-state index contributed by atoms with van der Waals surface area (Å²) < 4.78 is 27.3. The van der Waals surface area contributed by atoms with Gasteiger partial charge in [0.25, 0.3) is 0 Å². The summed E-state index contributed by atoms with van der Waals surface area (Å²) in [6.07, 6.45) is 3.32. The van der Waals surface area contributed by atoms with Gasteiger partial charge in [-0.3, -0.25) is 0 Å². The number of carbonyl (C=O) groups excluding carboxylic acids is 1. The van der Waals surface area contributed by atoms with Crippen molar-refractivity contribution in [3.63, 3.8) is 0 Å². The molecule has 3 fully saturated rings. The number of anilines is 1. The fourth-order valence-electron chi connectivity index (χ4n) is 5.65. The van der Waals surface area contributed by atoms with E-state index in [0.717, 1.165) is 58.4 Å². The molecular formula is C28H40BrClFN5O3. The molecule has 8 nitrogen and oxygen atoms in total. The van der Waals surface area contributed by atoms with Crippen LogP contribution in [0.15, 0.2) is 10.5 Å². The van der Waals surface area contributed by atoms with E-state index < -0.39 is 11.4 Å². The van der Waals surface area contributed by atoms with Crippen molar-refractivity contribution in [1.29, 1.82) is 0 Å². The minimum absolute atomic E-state index is 0. The molecule has 0 atom stereocenters. The van der Waals surface area contributed by atoms with Gasteiger partial charge < -0.3 is 24.2 Å². The molecule has 3 saturated heterocycles. The standard InChI is InChI=1S/C27H36BrClFN5O3.CH4/c1-5-33-10-6-17(7-11-33)37-24-31-22-18(14-19(29)20(28)21(22)30)23(32-24)34-12-8-27(9-13-34)15-35(16-27)25(36)38-26(2,3)4;/h14,17H,5-13,15-16H2,1-4H3;1H4. The molecule has 1 aromatic heterocycles. The van der Waals surface area contributed by atoms with Gasteiger partial charge in [-0.05, 0) is 75.0 Å². The zero-order chi connectivity index (χ0) is 27.2. The molecular weight excluding hydrogens is 589 g/mol. The molecule has 0 radical (unpaired) electrons. The maximum atomic E-state index is 15.3. The van der Waals surface area contributed by atoms with Gasteiger partial charge >= 0.3 is 12.1 Å². The lowest BCUT2D eigenvalue weighted by molar-refractivity contribution is -0.0434. The van der Waals surface area contributed by atoms with Crippen LogP contribution in [0.2, 0.25) is 5.02 Å². The maximum absolute atomic E-state index is 15.3. The lowest BCUT2D eigenvalue weighted by atomic mass is 9.72. The van der Waals surface area contributed by atoms with E-state index in [1.807, 2.05) is 20.8 Å². The number of hydrogen-bond donors (Lipinski definition) is 0. The Kier molecular flexibility index (Phi) is 8.88. The monoisotopic (exact) mass is 627 g/mol. The van der Waals surface area contributed by atoms with Crippen molar-refractivity contribution < 1.29 is 18.7 Å². The molecule has 216 valence electrons. The number of aromatic nitrogens is 2. The second-order valence-corrected chi connectivity index (χ2v) is 13.0. The third kappa shape index (κ3) is 6.38. The number of piperidine rings is 2. The molecule has 0 bridgehead atoms. The van der Waals surface area contributed by atoms with Crippen molar-refractivity contribution in [3.8, 4) is 6.01 Å². The molecule has 3 aliphatic heterocycles. The highest BCUT2D eigenvalue weighted by molar-refractivity contribution is 9.10. The van der Waals surface area contributed by atoms with Crippen molar-refractivity contribution in [2.75, 3.05) is 50.7 Å². The van der Waals surface area contributed by atoms with Crippen LogP contribution in [0.4, 0.5) is 15.0 Å². The molecule has 0 aliphatic carbocycles. The first-order valence-electron chi connectivity index (χ1n) is 13.4. The molecule has 4 heterocycles. The lowest BCUT2D eigenvalue weighted by Crippen LogP contribution is -2.62. The Morgan fingerprint density at radius 2 is 1.82 bits per heavy atom. The Balaban J connectivity index is 0.00000353. The third-order valence-corrected chi connectivity index (χ3v) is 9.17. The number of rotatable bonds is 4. The normalized spacial score (nSPS) is 20.1. The summed E-state index contributed by atoms with van der Waals surface area (Å²) in [5.41, 5.74) is -0.225. The van der Waals surface area contributed by atoms with Gasteiger partial charge in [-0.1, -0.05) is 26.0 Å². The van der Waals surface area contributed by atoms with Crippen molar-refractivity contribution in [3.05, 3.63) is 21.4 Å². The second-order valence-electron chi connectivity index (χ2n) is 11.8. The summed E-state index contributed by atoms with van der Waals surface area (Å²) in [6.45, 7) is 13.6. The number of ether oxygens (including phenoxy) is 2. The number of carbonyl (C=O) groups is 1. The summed E-state index contributed by atoms with van der Waals surface area (Å²) in [6, 6.07) is 1.93. The number of amides is 1. The highest BCUT2D eigenvalue weighted by Gasteiger charge is 2.48. The van der Waals surface area contributed by atoms with Gasteiger partial charge in [0, 0.05) is 50.1 Å². The average molecular weight is 629 g/mol. The summed E-state index contributed by atoms with van der Waals surface area (Å²) in [4.78, 5) is 28.1. The summed E-state index contributed by atoms with van der Waals surface area (Å²) >= 11 is 9.60. The van der Waals surface area contributed by atoms with Gasteiger partial charge in [0.2, 0.25) is 0 Å². The predicted octanol–water partition coefficient (Wildman–Crippen LogP) is 6.52. The topological polar surface area (TPSA) is 71.0 Å². The molecule has 1 spiro atoms. The van der Waals surface area contributed by atoms with Crippen molar-refractivity contribution >= 4 is 50.3 Å². The number of fused-ring (bicyclic) bond motifs is 1. The van der Waals surface area contributed by atoms with Crippen LogP contribution in [0.3, 0.4) is 0 Å². The minimum Gasteiger partial charge on any atom is -0.460 e. The Morgan fingerprint density at radius 3 is 2.41 bits per heavy atom. The first-order valence-corrected chi connectivity index (χ1v) is 14.6. The van der Waals surface area contributed by atoms with Gasteiger partial charge in [0.15, 0.2) is 5.82 Å². The average Bonchev–Trinajstić information content (AvgIpc) is 2.85. The first-order chi connectivity index (χ1) is 18.0. The molecule has 2 aromatic rings. The summed E-state index contributed by atoms with van der Waals surface area (Å²) in [5.74, 6) is 0.129. The van der Waals surface area contributed by atoms with Gasteiger partial charge in [0.1, 0.15) is 23.0 Å². The smallest absolute Gasteiger partial charge is 0.410 e. The summed E-state index contributed by atoms with van der Waals surface area (Å²) in [7, 11) is 0. The van der Waals surface area contributed by atoms with E-state index in [-0.39, 0.29) is 46.1 Å². The van der Waals surface area contributed by atoms with Crippen LogP contribution in [0.5, 0.6) is 6.01 Å². The molecule has 1 amide bonds. The highest BCUT2D eigenvalue weighted by atomic mass is 79.9. The Labute approximate surface area is 244 Å². The highest BCUT2D eigenvalue weighted by Crippen LogP contribution is 2.43. The minimum atomic E-state index is -0.512. The lowest BCUT2D eigenvalue weighted by Gasteiger charge is -2.53. The fraction of sp³-hybridized carbons (Fsp3) is 0.679. The second kappa shape index (κ2) is 11.5. The van der Waals surface area contributed by atoms with Crippen LogP contribution in [0.1, 0.15) is 60.8 Å². The van der Waals surface area contributed by atoms with E-state index in [9.17, 15) is 4.79 Å². The number of hydrogen-bond acceptors (Lipinski definition) is 7. The van der Waals surface area contributed by atoms with Crippen LogP contribution in [0, 0.1) is 11.2 Å². The van der Waals surface area contributed by atoms with Crippen molar-refractivity contribution in [2.45, 2.75) is 72.5 Å². The first kappa shape index (κ1) is 30.1. The van der Waals surface area contributed by atoms with E-state index in [1.54, 1.807) is 11.0 Å². The molecule has 0 N–H and O–H groups in total. The molecule has 1 aromatic carbocycles. The van der Waals surface area contributed by atoms with Crippen LogP contribution in [-0.4, -0.2) is 83.4 Å². The molecule has 5 rings (SSSR count). The number of likely N-dealkylation sites (tertiary alicyclic amines) is 2. The fourth-order valence-corrected chi connectivity index (χ4v) is 6.15. The Morgan fingerprint density at radius 1 is 1.18 bits per heavy atom. The zero-order valence-electron chi connectivity index (χ0n) is 22.5. The maximum Gasteiger partial charge on any atom is 0.410 e. The predicted molar refractivity (Wildman–Crippen MR) is 156 cm³/mol. The zero-order valence-corrected chi connectivity index (χ0v) is 24.9. The van der Waals surface area contributed by atoms with Crippen molar-refractivity contribution in [1.82, 2.24) is 19.8 Å². The van der Waals surface area contributed by atoms with Crippen LogP contribution >= 0.6 is 27.5 Å². The third-order valence-electron chi connectivity index (χ3n) is 7.87. The molecule has 11 heteroatoms.